The van der Waals surface area contributed by atoms with E-state index in [2.05, 4.69) is 4.98 Å². The van der Waals surface area contributed by atoms with Crippen LogP contribution in [0, 0.1) is 0 Å². The van der Waals surface area contributed by atoms with Gasteiger partial charge in [0.1, 0.15) is 11.5 Å². The van der Waals surface area contributed by atoms with Crippen molar-refractivity contribution < 1.29 is 9.47 Å². The average Bonchev–Trinajstić information content (AvgIpc) is 2.61. The summed E-state index contributed by atoms with van der Waals surface area (Å²) in [6, 6.07) is 10.8. The third-order valence-corrected chi connectivity index (χ3v) is 4.13. The molecule has 0 aliphatic heterocycles. The predicted octanol–water partition coefficient (Wildman–Crippen LogP) is 4.65. The van der Waals surface area contributed by atoms with Crippen LogP contribution >= 0.6 is 11.6 Å². The van der Waals surface area contributed by atoms with Gasteiger partial charge in [-0.3, -0.25) is 4.79 Å². The molecular formula is C19H18ClNO3. The molecule has 3 aromatic rings. The molecule has 1 aromatic heterocycles. The molecule has 0 radical (unpaired) electrons. The van der Waals surface area contributed by atoms with E-state index in [4.69, 9.17) is 21.1 Å². The first-order chi connectivity index (χ1) is 11.7. The standard InChI is InChI=1S/C19H18ClNO3/c1-3-10-24-16-9-8-15(20)17-18(16)21-11-14(19(17)22)12-4-6-13(23-2)7-5-12/h4-9,11H,3,10H2,1-2H3,(H,21,22). The molecule has 0 aliphatic rings. The Balaban J connectivity index is 2.16. The molecule has 0 unspecified atom stereocenters. The summed E-state index contributed by atoms with van der Waals surface area (Å²) in [4.78, 5) is 16.1. The average molecular weight is 344 g/mol. The molecule has 0 spiro atoms. The van der Waals surface area contributed by atoms with E-state index < -0.39 is 0 Å². The van der Waals surface area contributed by atoms with Crippen LogP contribution in [0.15, 0.2) is 47.4 Å². The van der Waals surface area contributed by atoms with Crippen LogP contribution in [0.1, 0.15) is 13.3 Å². The van der Waals surface area contributed by atoms with E-state index in [1.165, 1.54) is 0 Å². The van der Waals surface area contributed by atoms with Gasteiger partial charge in [0.15, 0.2) is 5.43 Å². The van der Waals surface area contributed by atoms with Crippen LogP contribution in [0.3, 0.4) is 0 Å². The van der Waals surface area contributed by atoms with Crippen LogP contribution < -0.4 is 14.9 Å². The number of hydrogen-bond donors (Lipinski definition) is 1. The van der Waals surface area contributed by atoms with E-state index in [0.29, 0.717) is 33.8 Å². The molecule has 0 fully saturated rings. The first-order valence-corrected chi connectivity index (χ1v) is 8.14. The molecule has 0 aliphatic carbocycles. The molecule has 0 bridgehead atoms. The quantitative estimate of drug-likeness (QED) is 0.733. The molecule has 124 valence electrons. The Morgan fingerprint density at radius 1 is 1.12 bits per heavy atom. The molecule has 24 heavy (non-hydrogen) atoms. The second-order valence-electron chi connectivity index (χ2n) is 5.40. The van der Waals surface area contributed by atoms with Crippen LogP contribution in [-0.2, 0) is 0 Å². The number of nitrogens with one attached hydrogen (secondary N) is 1. The molecule has 2 aromatic carbocycles. The van der Waals surface area contributed by atoms with Gasteiger partial charge in [-0.25, -0.2) is 0 Å². The number of H-pyrrole nitrogens is 1. The summed E-state index contributed by atoms with van der Waals surface area (Å²) in [5, 5.41) is 0.851. The largest absolute Gasteiger partial charge is 0.497 e. The minimum atomic E-state index is -0.124. The number of fused-ring (bicyclic) bond motifs is 1. The maximum absolute atomic E-state index is 12.9. The van der Waals surface area contributed by atoms with Crippen LogP contribution in [0.25, 0.3) is 22.0 Å². The Hall–Kier alpha value is -2.46. The Morgan fingerprint density at radius 3 is 2.54 bits per heavy atom. The summed E-state index contributed by atoms with van der Waals surface area (Å²) < 4.78 is 10.9. The zero-order chi connectivity index (χ0) is 17.1. The topological polar surface area (TPSA) is 51.3 Å². The number of benzene rings is 2. The molecule has 0 atom stereocenters. The zero-order valence-electron chi connectivity index (χ0n) is 13.6. The number of methoxy groups -OCH3 is 1. The van der Waals surface area contributed by atoms with Gasteiger partial charge in [-0.05, 0) is 36.2 Å². The van der Waals surface area contributed by atoms with E-state index in [1.54, 1.807) is 25.4 Å². The van der Waals surface area contributed by atoms with Crippen molar-refractivity contribution in [1.29, 1.82) is 0 Å². The minimum absolute atomic E-state index is 0.124. The number of ether oxygens (including phenoxy) is 2. The fourth-order valence-corrected chi connectivity index (χ4v) is 2.83. The van der Waals surface area contributed by atoms with E-state index in [0.717, 1.165) is 17.7 Å². The van der Waals surface area contributed by atoms with Crippen LogP contribution in [0.5, 0.6) is 11.5 Å². The van der Waals surface area contributed by atoms with Gasteiger partial charge < -0.3 is 14.5 Å². The number of aromatic amines is 1. The highest BCUT2D eigenvalue weighted by Gasteiger charge is 2.14. The molecule has 0 saturated carbocycles. The summed E-state index contributed by atoms with van der Waals surface area (Å²) in [5.41, 5.74) is 1.86. The Kier molecular flexibility index (Phi) is 4.76. The monoisotopic (exact) mass is 343 g/mol. The molecule has 4 nitrogen and oxygen atoms in total. The van der Waals surface area contributed by atoms with Gasteiger partial charge in [-0.2, -0.15) is 0 Å². The SMILES string of the molecule is CCCOc1ccc(Cl)c2c(=O)c(-c3ccc(OC)cc3)c[nH]c12. The lowest BCUT2D eigenvalue weighted by molar-refractivity contribution is 0.320. The van der Waals surface area contributed by atoms with Crippen molar-refractivity contribution in [1.82, 2.24) is 4.98 Å². The Labute approximate surface area is 145 Å². The van der Waals surface area contributed by atoms with Crippen LogP contribution in [-0.4, -0.2) is 18.7 Å². The normalized spacial score (nSPS) is 10.8. The van der Waals surface area contributed by atoms with Gasteiger partial charge >= 0.3 is 0 Å². The van der Waals surface area contributed by atoms with Crippen molar-refractivity contribution in [3.05, 3.63) is 57.8 Å². The summed E-state index contributed by atoms with van der Waals surface area (Å²) >= 11 is 6.28. The second-order valence-corrected chi connectivity index (χ2v) is 5.81. The number of halogens is 1. The summed E-state index contributed by atoms with van der Waals surface area (Å²) in [6.07, 6.45) is 2.58. The van der Waals surface area contributed by atoms with Crippen molar-refractivity contribution in [2.24, 2.45) is 0 Å². The van der Waals surface area contributed by atoms with Crippen molar-refractivity contribution in [2.45, 2.75) is 13.3 Å². The number of pyridine rings is 1. The minimum Gasteiger partial charge on any atom is -0.497 e. The molecule has 5 heteroatoms. The third-order valence-electron chi connectivity index (χ3n) is 3.81. The first kappa shape index (κ1) is 16.4. The number of rotatable bonds is 5. The van der Waals surface area contributed by atoms with E-state index in [9.17, 15) is 4.79 Å². The van der Waals surface area contributed by atoms with Gasteiger partial charge in [0, 0.05) is 11.8 Å². The van der Waals surface area contributed by atoms with E-state index in [-0.39, 0.29) is 5.43 Å². The highest BCUT2D eigenvalue weighted by atomic mass is 35.5. The molecular weight excluding hydrogens is 326 g/mol. The van der Waals surface area contributed by atoms with Gasteiger partial charge in [0.05, 0.1) is 29.6 Å². The van der Waals surface area contributed by atoms with Gasteiger partial charge in [0.25, 0.3) is 0 Å². The summed E-state index contributed by atoms with van der Waals surface area (Å²) in [7, 11) is 1.61. The van der Waals surface area contributed by atoms with Gasteiger partial charge in [-0.1, -0.05) is 30.7 Å². The smallest absolute Gasteiger partial charge is 0.198 e. The fraction of sp³-hybridized carbons (Fsp3) is 0.211. The van der Waals surface area contributed by atoms with Crippen molar-refractivity contribution in [2.75, 3.05) is 13.7 Å². The molecule has 0 amide bonds. The van der Waals surface area contributed by atoms with E-state index in [1.807, 2.05) is 31.2 Å². The van der Waals surface area contributed by atoms with Crippen LogP contribution in [0.4, 0.5) is 0 Å². The summed E-state index contributed by atoms with van der Waals surface area (Å²) in [6.45, 7) is 2.61. The van der Waals surface area contributed by atoms with E-state index >= 15 is 0 Å². The Morgan fingerprint density at radius 2 is 1.88 bits per heavy atom. The highest BCUT2D eigenvalue weighted by molar-refractivity contribution is 6.35. The first-order valence-electron chi connectivity index (χ1n) is 7.76. The maximum atomic E-state index is 12.9. The second kappa shape index (κ2) is 6.97. The molecule has 3 rings (SSSR count). The highest BCUT2D eigenvalue weighted by Crippen LogP contribution is 2.30. The van der Waals surface area contributed by atoms with Crippen molar-refractivity contribution in [3.63, 3.8) is 0 Å². The lowest BCUT2D eigenvalue weighted by atomic mass is 10.0. The number of aromatic nitrogens is 1. The maximum Gasteiger partial charge on any atom is 0.198 e. The molecule has 1 N–H and O–H groups in total. The molecule has 1 heterocycles. The van der Waals surface area contributed by atoms with Crippen LogP contribution in [0.2, 0.25) is 5.02 Å². The number of hydrogen-bond acceptors (Lipinski definition) is 3. The fourth-order valence-electron chi connectivity index (χ4n) is 2.59. The molecule has 0 saturated heterocycles. The predicted molar refractivity (Wildman–Crippen MR) is 97.4 cm³/mol. The van der Waals surface area contributed by atoms with Crippen molar-refractivity contribution in [3.8, 4) is 22.6 Å². The third kappa shape index (κ3) is 2.97. The lowest BCUT2D eigenvalue weighted by Crippen LogP contribution is -2.08. The summed E-state index contributed by atoms with van der Waals surface area (Å²) in [5.74, 6) is 1.37. The van der Waals surface area contributed by atoms with Crippen molar-refractivity contribution >= 4 is 22.5 Å². The van der Waals surface area contributed by atoms with Gasteiger partial charge in [0.2, 0.25) is 0 Å². The Bertz CT molecular complexity index is 916. The zero-order valence-corrected chi connectivity index (χ0v) is 14.3. The van der Waals surface area contributed by atoms with Gasteiger partial charge in [-0.15, -0.1) is 0 Å². The lowest BCUT2D eigenvalue weighted by Gasteiger charge is -2.11.